The largest absolute Gasteiger partial charge is 0.358 e. The molecule has 0 aliphatic heterocycles. The van der Waals surface area contributed by atoms with Crippen LogP contribution in [0.2, 0.25) is 0 Å². The van der Waals surface area contributed by atoms with Crippen molar-refractivity contribution in [3.63, 3.8) is 0 Å². The lowest BCUT2D eigenvalue weighted by Gasteiger charge is -2.16. The van der Waals surface area contributed by atoms with Crippen molar-refractivity contribution in [2.45, 2.75) is 32.6 Å². The van der Waals surface area contributed by atoms with Crippen LogP contribution in [-0.2, 0) is 16.0 Å². The van der Waals surface area contributed by atoms with Gasteiger partial charge in [-0.2, -0.15) is 0 Å². The number of nitrogens with one attached hydrogen (secondary N) is 3. The van der Waals surface area contributed by atoms with E-state index in [0.717, 1.165) is 33.3 Å². The zero-order valence-corrected chi connectivity index (χ0v) is 17.0. The zero-order chi connectivity index (χ0) is 21.7. The van der Waals surface area contributed by atoms with E-state index >= 15 is 0 Å². The Hall–Kier alpha value is -3.51. The molecule has 154 valence electrons. The Balaban J connectivity index is 1.76. The third kappa shape index (κ3) is 4.55. The number of aromatic nitrogens is 1. The number of Topliss-reactive ketones (excluding diaryl/α,β-unsaturated/α-hetero) is 1. The fourth-order valence-electron chi connectivity index (χ4n) is 3.67. The summed E-state index contributed by atoms with van der Waals surface area (Å²) in [6.07, 6.45) is 3.63. The van der Waals surface area contributed by atoms with Crippen molar-refractivity contribution < 1.29 is 14.8 Å². The second kappa shape index (κ2) is 9.33. The van der Waals surface area contributed by atoms with Crippen molar-refractivity contribution in [3.8, 4) is 0 Å². The number of aromatic amines is 1. The van der Waals surface area contributed by atoms with Crippen LogP contribution in [0, 0.1) is 12.3 Å². The van der Waals surface area contributed by atoms with E-state index in [-0.39, 0.29) is 23.8 Å². The number of aryl methyl sites for hydroxylation is 1. The van der Waals surface area contributed by atoms with E-state index in [0.29, 0.717) is 6.42 Å². The predicted octanol–water partition coefficient (Wildman–Crippen LogP) is 4.32. The average Bonchev–Trinajstić information content (AvgIpc) is 3.08. The number of ketones is 1. The predicted molar refractivity (Wildman–Crippen MR) is 118 cm³/mol. The quantitative estimate of drug-likeness (QED) is 0.195. The maximum Gasteiger partial charge on any atom is 0.267 e. The summed E-state index contributed by atoms with van der Waals surface area (Å²) in [7, 11) is 0. The fraction of sp³-hybridized carbons (Fsp3) is 0.208. The molecule has 0 saturated carbocycles. The number of hydrogen-bond acceptors (Lipinski definition) is 4. The number of carbonyl (C=O) groups excluding carboxylic acids is 2. The number of rotatable bonds is 8. The number of hydroxylamine groups is 1. The molecule has 0 radical (unpaired) electrons. The van der Waals surface area contributed by atoms with Crippen LogP contribution in [0.4, 0.5) is 0 Å². The van der Waals surface area contributed by atoms with Gasteiger partial charge in [0.15, 0.2) is 5.78 Å². The number of benzene rings is 2. The molecule has 3 rings (SSSR count). The Morgan fingerprint density at radius 1 is 1.17 bits per heavy atom. The maximum absolute atomic E-state index is 12.9. The third-order valence-electron chi connectivity index (χ3n) is 5.30. The van der Waals surface area contributed by atoms with Gasteiger partial charge < -0.3 is 10.4 Å². The summed E-state index contributed by atoms with van der Waals surface area (Å²) in [5.74, 6) is -1.08. The SMILES string of the molecule is CCC(C(=N)C(=O)Cc1c(C)[nH]c2ccccc12)c1ccc(/C=C/C(=O)NO)cc1. The normalized spacial score (nSPS) is 12.2. The highest BCUT2D eigenvalue weighted by atomic mass is 16.5. The molecule has 1 heterocycles. The molecule has 1 amide bonds. The molecular formula is C24H25N3O3. The highest BCUT2D eigenvalue weighted by Gasteiger charge is 2.23. The van der Waals surface area contributed by atoms with Gasteiger partial charge in [0, 0.05) is 35.0 Å². The lowest BCUT2D eigenvalue weighted by Crippen LogP contribution is -2.23. The van der Waals surface area contributed by atoms with Crippen LogP contribution < -0.4 is 5.48 Å². The molecule has 0 bridgehead atoms. The van der Waals surface area contributed by atoms with E-state index < -0.39 is 5.91 Å². The Kier molecular flexibility index (Phi) is 6.59. The monoisotopic (exact) mass is 403 g/mol. The minimum atomic E-state index is -0.606. The van der Waals surface area contributed by atoms with Crippen molar-refractivity contribution in [2.24, 2.45) is 0 Å². The average molecular weight is 403 g/mol. The summed E-state index contributed by atoms with van der Waals surface area (Å²) in [6.45, 7) is 3.91. The van der Waals surface area contributed by atoms with Crippen molar-refractivity contribution >= 4 is 34.4 Å². The van der Waals surface area contributed by atoms with Crippen LogP contribution in [-0.4, -0.2) is 27.6 Å². The first-order valence-electron chi connectivity index (χ1n) is 9.84. The van der Waals surface area contributed by atoms with Crippen LogP contribution in [0.3, 0.4) is 0 Å². The molecule has 0 fully saturated rings. The second-order valence-electron chi connectivity index (χ2n) is 7.22. The van der Waals surface area contributed by atoms with Gasteiger partial charge in [-0.3, -0.25) is 14.8 Å². The molecule has 0 spiro atoms. The van der Waals surface area contributed by atoms with E-state index in [1.165, 1.54) is 6.08 Å². The fourth-order valence-corrected chi connectivity index (χ4v) is 3.67. The van der Waals surface area contributed by atoms with Crippen LogP contribution in [0.1, 0.15) is 41.6 Å². The van der Waals surface area contributed by atoms with Crippen LogP contribution in [0.5, 0.6) is 0 Å². The van der Waals surface area contributed by atoms with Gasteiger partial charge in [0.2, 0.25) is 0 Å². The number of fused-ring (bicyclic) bond motifs is 1. The molecule has 0 aliphatic carbocycles. The molecular weight excluding hydrogens is 378 g/mol. The molecule has 4 N–H and O–H groups in total. The summed E-state index contributed by atoms with van der Waals surface area (Å²) in [5.41, 5.74) is 6.20. The number of H-pyrrole nitrogens is 1. The van der Waals surface area contributed by atoms with Crippen LogP contribution in [0.25, 0.3) is 17.0 Å². The van der Waals surface area contributed by atoms with Gasteiger partial charge in [-0.1, -0.05) is 49.4 Å². The van der Waals surface area contributed by atoms with Crippen LogP contribution >= 0.6 is 0 Å². The summed E-state index contributed by atoms with van der Waals surface area (Å²) < 4.78 is 0. The molecule has 0 saturated heterocycles. The Bertz CT molecular complexity index is 1110. The second-order valence-corrected chi connectivity index (χ2v) is 7.22. The maximum atomic E-state index is 12.9. The van der Waals surface area contributed by atoms with E-state index in [1.807, 2.05) is 62.4 Å². The first-order valence-corrected chi connectivity index (χ1v) is 9.84. The van der Waals surface area contributed by atoms with E-state index in [2.05, 4.69) is 4.98 Å². The lowest BCUT2D eigenvalue weighted by atomic mass is 9.87. The van der Waals surface area contributed by atoms with Gasteiger partial charge in [-0.05, 0) is 42.2 Å². The minimum Gasteiger partial charge on any atom is -0.358 e. The molecule has 6 nitrogen and oxygen atoms in total. The van der Waals surface area contributed by atoms with Crippen LogP contribution in [0.15, 0.2) is 54.6 Å². The first kappa shape index (κ1) is 21.2. The topological polar surface area (TPSA) is 106 Å². The molecule has 1 atom stereocenters. The van der Waals surface area contributed by atoms with Gasteiger partial charge in [0.25, 0.3) is 5.91 Å². The number of amides is 1. The summed E-state index contributed by atoms with van der Waals surface area (Å²) >= 11 is 0. The lowest BCUT2D eigenvalue weighted by molar-refractivity contribution is -0.124. The van der Waals surface area contributed by atoms with Gasteiger partial charge in [0.05, 0.1) is 5.71 Å². The summed E-state index contributed by atoms with van der Waals surface area (Å²) in [6, 6.07) is 15.2. The van der Waals surface area contributed by atoms with E-state index in [1.54, 1.807) is 11.6 Å². The number of carbonyl (C=O) groups is 2. The summed E-state index contributed by atoms with van der Waals surface area (Å²) in [4.78, 5) is 27.3. The number of hydrogen-bond donors (Lipinski definition) is 4. The standard InChI is InChI=1S/C24H25N3O3/c1-3-18(17-11-8-16(9-12-17)10-13-23(29)27-30)24(25)22(28)14-20-15(2)26-21-7-5-4-6-19(20)21/h4-13,18,25-26,30H,3,14H2,1-2H3,(H,27,29)/b13-10+,25-24?. The Labute approximate surface area is 175 Å². The van der Waals surface area contributed by atoms with Crippen molar-refractivity contribution in [1.82, 2.24) is 10.5 Å². The highest BCUT2D eigenvalue weighted by molar-refractivity contribution is 6.41. The van der Waals surface area contributed by atoms with Gasteiger partial charge in [0.1, 0.15) is 0 Å². The van der Waals surface area contributed by atoms with E-state index in [4.69, 9.17) is 10.6 Å². The zero-order valence-electron chi connectivity index (χ0n) is 17.0. The first-order chi connectivity index (χ1) is 14.4. The Morgan fingerprint density at radius 3 is 2.53 bits per heavy atom. The number of para-hydroxylation sites is 1. The molecule has 1 aromatic heterocycles. The molecule has 0 aliphatic rings. The highest BCUT2D eigenvalue weighted by Crippen LogP contribution is 2.26. The van der Waals surface area contributed by atoms with Gasteiger partial charge >= 0.3 is 0 Å². The van der Waals surface area contributed by atoms with Crippen molar-refractivity contribution in [1.29, 1.82) is 5.41 Å². The van der Waals surface area contributed by atoms with Gasteiger partial charge in [-0.25, -0.2) is 5.48 Å². The van der Waals surface area contributed by atoms with E-state index in [9.17, 15) is 9.59 Å². The minimum absolute atomic E-state index is 0.102. The van der Waals surface area contributed by atoms with Crippen molar-refractivity contribution in [3.05, 3.63) is 77.0 Å². The molecule has 30 heavy (non-hydrogen) atoms. The molecule has 2 aromatic carbocycles. The Morgan fingerprint density at radius 2 is 1.87 bits per heavy atom. The molecule has 1 unspecified atom stereocenters. The van der Waals surface area contributed by atoms with Gasteiger partial charge in [-0.15, -0.1) is 0 Å². The molecule has 3 aromatic rings. The third-order valence-corrected chi connectivity index (χ3v) is 5.30. The summed E-state index contributed by atoms with van der Waals surface area (Å²) in [5, 5.41) is 18.1. The molecule has 6 heteroatoms. The smallest absolute Gasteiger partial charge is 0.267 e. The van der Waals surface area contributed by atoms with Crippen molar-refractivity contribution in [2.75, 3.05) is 0 Å².